The van der Waals surface area contributed by atoms with Crippen molar-refractivity contribution in [1.29, 1.82) is 0 Å². The van der Waals surface area contributed by atoms with Crippen molar-refractivity contribution in [3.8, 4) is 0 Å². The molecule has 0 aromatic carbocycles. The second kappa shape index (κ2) is 1.73. The van der Waals surface area contributed by atoms with Crippen molar-refractivity contribution in [2.45, 2.75) is 31.8 Å². The Morgan fingerprint density at radius 1 is 1.12 bits per heavy atom. The van der Waals surface area contributed by atoms with E-state index in [0.29, 0.717) is 6.10 Å². The fourth-order valence-electron chi connectivity index (χ4n) is 1.92. The van der Waals surface area contributed by atoms with E-state index < -0.39 is 0 Å². The highest BCUT2D eigenvalue weighted by Crippen LogP contribution is 2.35. The molecule has 2 aliphatic rings. The van der Waals surface area contributed by atoms with Gasteiger partial charge in [0, 0.05) is 6.61 Å². The van der Waals surface area contributed by atoms with Crippen molar-refractivity contribution < 1.29 is 4.74 Å². The van der Waals surface area contributed by atoms with Crippen LogP contribution in [0.2, 0.25) is 0 Å². The largest absolute Gasteiger partial charge is 0.378 e. The van der Waals surface area contributed by atoms with Gasteiger partial charge in [0.05, 0.1) is 6.10 Å². The molecule has 0 aromatic heterocycles. The van der Waals surface area contributed by atoms with E-state index in [-0.39, 0.29) is 0 Å². The molecule has 1 unspecified atom stereocenters. The Morgan fingerprint density at radius 2 is 2.12 bits per heavy atom. The maximum absolute atomic E-state index is 5.48. The van der Waals surface area contributed by atoms with Crippen LogP contribution in [0.4, 0.5) is 0 Å². The van der Waals surface area contributed by atoms with E-state index in [2.05, 4.69) is 0 Å². The molecular weight excluding hydrogens is 100 g/mol. The molecule has 1 aliphatic heterocycles. The number of hydrogen-bond acceptors (Lipinski definition) is 1. The molecule has 1 nitrogen and oxygen atoms in total. The van der Waals surface area contributed by atoms with Gasteiger partial charge in [0.2, 0.25) is 0 Å². The monoisotopic (exact) mass is 112 g/mol. The first-order valence-corrected chi connectivity index (χ1v) is 3.58. The minimum atomic E-state index is 0.676. The van der Waals surface area contributed by atoms with E-state index in [4.69, 9.17) is 4.74 Å². The second-order valence-electron chi connectivity index (χ2n) is 2.89. The summed E-state index contributed by atoms with van der Waals surface area (Å²) < 4.78 is 5.48. The normalized spacial score (nSPS) is 45.0. The van der Waals surface area contributed by atoms with E-state index in [1.54, 1.807) is 0 Å². The Labute approximate surface area is 50.0 Å². The van der Waals surface area contributed by atoms with Crippen LogP contribution in [0.3, 0.4) is 0 Å². The molecule has 2 atom stereocenters. The van der Waals surface area contributed by atoms with Crippen LogP contribution < -0.4 is 0 Å². The molecule has 1 saturated carbocycles. The van der Waals surface area contributed by atoms with Gasteiger partial charge < -0.3 is 4.74 Å². The van der Waals surface area contributed by atoms with E-state index >= 15 is 0 Å². The van der Waals surface area contributed by atoms with E-state index in [1.165, 1.54) is 25.7 Å². The van der Waals surface area contributed by atoms with Crippen LogP contribution in [0.15, 0.2) is 0 Å². The lowest BCUT2D eigenvalue weighted by atomic mass is 10.1. The predicted octanol–water partition coefficient (Wildman–Crippen LogP) is 1.58. The van der Waals surface area contributed by atoms with Gasteiger partial charge in [-0.2, -0.15) is 0 Å². The van der Waals surface area contributed by atoms with Gasteiger partial charge >= 0.3 is 0 Å². The minimum absolute atomic E-state index is 0.676. The van der Waals surface area contributed by atoms with Gasteiger partial charge in [-0.1, -0.05) is 6.42 Å². The smallest absolute Gasteiger partial charge is 0.0604 e. The number of hydrogen-bond donors (Lipinski definition) is 0. The Hall–Kier alpha value is -0.0400. The van der Waals surface area contributed by atoms with Gasteiger partial charge in [-0.3, -0.25) is 0 Å². The summed E-state index contributed by atoms with van der Waals surface area (Å²) in [4.78, 5) is 0. The molecule has 2 rings (SSSR count). The lowest BCUT2D eigenvalue weighted by molar-refractivity contribution is 0.103. The van der Waals surface area contributed by atoms with Crippen molar-refractivity contribution in [3.05, 3.63) is 0 Å². The fourth-order valence-corrected chi connectivity index (χ4v) is 1.92. The van der Waals surface area contributed by atoms with Crippen molar-refractivity contribution in [1.82, 2.24) is 0 Å². The zero-order chi connectivity index (χ0) is 5.40. The summed E-state index contributed by atoms with van der Waals surface area (Å²) in [7, 11) is 0. The van der Waals surface area contributed by atoms with Crippen LogP contribution in [-0.2, 0) is 4.74 Å². The first kappa shape index (κ1) is 4.80. The summed E-state index contributed by atoms with van der Waals surface area (Å²) in [6.45, 7) is 1.04. The molecule has 1 saturated heterocycles. The number of ether oxygens (including phenoxy) is 1. The molecule has 1 aliphatic carbocycles. The van der Waals surface area contributed by atoms with Gasteiger partial charge in [-0.15, -0.1) is 0 Å². The SMILES string of the molecule is C1CC2CCO[C@H]2C1. The Balaban J connectivity index is 2.04. The molecule has 0 spiro atoms. The molecule has 2 fully saturated rings. The number of rotatable bonds is 0. The van der Waals surface area contributed by atoms with Crippen molar-refractivity contribution >= 4 is 0 Å². The highest BCUT2D eigenvalue weighted by atomic mass is 16.5. The van der Waals surface area contributed by atoms with Crippen molar-refractivity contribution in [2.24, 2.45) is 5.92 Å². The van der Waals surface area contributed by atoms with Crippen LogP contribution in [0.5, 0.6) is 0 Å². The molecule has 1 heteroatoms. The van der Waals surface area contributed by atoms with Crippen LogP contribution in [0.1, 0.15) is 25.7 Å². The van der Waals surface area contributed by atoms with Gasteiger partial charge in [0.1, 0.15) is 0 Å². The maximum atomic E-state index is 5.48. The summed E-state index contributed by atoms with van der Waals surface area (Å²) in [5.74, 6) is 0.954. The predicted molar refractivity (Wildman–Crippen MR) is 31.7 cm³/mol. The summed E-state index contributed by atoms with van der Waals surface area (Å²) >= 11 is 0. The molecule has 0 radical (unpaired) electrons. The average molecular weight is 112 g/mol. The topological polar surface area (TPSA) is 9.23 Å². The van der Waals surface area contributed by atoms with Crippen molar-refractivity contribution in [2.75, 3.05) is 6.61 Å². The molecule has 46 valence electrons. The first-order valence-electron chi connectivity index (χ1n) is 3.58. The first-order chi connectivity index (χ1) is 3.97. The third kappa shape index (κ3) is 0.576. The lowest BCUT2D eigenvalue weighted by Crippen LogP contribution is -2.06. The van der Waals surface area contributed by atoms with Crippen molar-refractivity contribution in [3.63, 3.8) is 0 Å². The summed E-state index contributed by atoms with van der Waals surface area (Å²) in [6.07, 6.45) is 6.20. The van der Waals surface area contributed by atoms with E-state index in [0.717, 1.165) is 12.5 Å². The van der Waals surface area contributed by atoms with Crippen LogP contribution in [0.25, 0.3) is 0 Å². The molecule has 0 amide bonds. The van der Waals surface area contributed by atoms with Crippen LogP contribution >= 0.6 is 0 Å². The van der Waals surface area contributed by atoms with E-state index in [9.17, 15) is 0 Å². The Bertz CT molecular complexity index is 70.4. The molecule has 8 heavy (non-hydrogen) atoms. The van der Waals surface area contributed by atoms with Crippen LogP contribution in [0, 0.1) is 5.92 Å². The zero-order valence-electron chi connectivity index (χ0n) is 5.10. The fraction of sp³-hybridized carbons (Fsp3) is 1.00. The highest BCUT2D eigenvalue weighted by Gasteiger charge is 2.31. The average Bonchev–Trinajstić information content (AvgIpc) is 2.15. The molecule has 0 aromatic rings. The summed E-state index contributed by atoms with van der Waals surface area (Å²) in [6, 6.07) is 0. The Kier molecular flexibility index (Phi) is 1.04. The maximum Gasteiger partial charge on any atom is 0.0604 e. The number of fused-ring (bicyclic) bond motifs is 1. The zero-order valence-corrected chi connectivity index (χ0v) is 5.10. The lowest BCUT2D eigenvalue weighted by Gasteiger charge is -2.04. The molecule has 1 heterocycles. The minimum Gasteiger partial charge on any atom is -0.378 e. The van der Waals surface area contributed by atoms with Gasteiger partial charge in [-0.25, -0.2) is 0 Å². The van der Waals surface area contributed by atoms with Gasteiger partial charge in [-0.05, 0) is 25.2 Å². The summed E-state index contributed by atoms with van der Waals surface area (Å²) in [5, 5.41) is 0. The third-order valence-electron chi connectivity index (χ3n) is 2.41. The second-order valence-corrected chi connectivity index (χ2v) is 2.89. The van der Waals surface area contributed by atoms with Gasteiger partial charge in [0.25, 0.3) is 0 Å². The summed E-state index contributed by atoms with van der Waals surface area (Å²) in [5.41, 5.74) is 0. The Morgan fingerprint density at radius 3 is 3.00 bits per heavy atom. The quantitative estimate of drug-likeness (QED) is 0.462. The third-order valence-corrected chi connectivity index (χ3v) is 2.41. The van der Waals surface area contributed by atoms with E-state index in [1.807, 2.05) is 0 Å². The highest BCUT2D eigenvalue weighted by molar-refractivity contribution is 4.81. The standard InChI is InChI=1S/C7H12O/c1-2-6-4-5-8-7(6)3-1/h6-7H,1-5H2/t6?,7-/m0/s1. The van der Waals surface area contributed by atoms with Crippen LogP contribution in [-0.4, -0.2) is 12.7 Å². The van der Waals surface area contributed by atoms with Gasteiger partial charge in [0.15, 0.2) is 0 Å². The molecule has 0 N–H and O–H groups in total. The molecule has 0 bridgehead atoms. The molecular formula is C7H12O.